The van der Waals surface area contributed by atoms with Gasteiger partial charge in [-0.3, -0.25) is 4.79 Å². The topological polar surface area (TPSA) is 54.3 Å². The summed E-state index contributed by atoms with van der Waals surface area (Å²) in [6.07, 6.45) is 0. The highest BCUT2D eigenvalue weighted by molar-refractivity contribution is 9.10. The van der Waals surface area contributed by atoms with Crippen molar-refractivity contribution >= 4 is 27.5 Å². The average molecular weight is 337 g/mol. The van der Waals surface area contributed by atoms with Gasteiger partial charge in [-0.1, -0.05) is 6.07 Å². The maximum Gasteiger partial charge on any atom is 0.251 e. The molecule has 0 unspecified atom stereocenters. The summed E-state index contributed by atoms with van der Waals surface area (Å²) in [4.78, 5) is 11.8. The second kappa shape index (κ2) is 6.61. The van der Waals surface area contributed by atoms with Crippen LogP contribution in [0.3, 0.4) is 0 Å². The number of benzene rings is 1. The molecule has 0 saturated heterocycles. The fourth-order valence-electron chi connectivity index (χ4n) is 1.85. The van der Waals surface area contributed by atoms with Crippen molar-refractivity contribution in [2.75, 3.05) is 11.9 Å². The van der Waals surface area contributed by atoms with Crippen LogP contribution in [0.15, 0.2) is 39.4 Å². The van der Waals surface area contributed by atoms with Gasteiger partial charge < -0.3 is 15.1 Å². The number of anilines is 1. The molecule has 2 aromatic rings. The van der Waals surface area contributed by atoms with Crippen LogP contribution in [0.25, 0.3) is 0 Å². The lowest BCUT2D eigenvalue weighted by atomic mass is 10.1. The number of amides is 1. The number of carbonyl (C=O) groups excluding carboxylic acids is 1. The van der Waals surface area contributed by atoms with Crippen molar-refractivity contribution in [2.24, 2.45) is 0 Å². The van der Waals surface area contributed by atoms with Gasteiger partial charge >= 0.3 is 0 Å². The number of halogens is 1. The first-order valence-electron chi connectivity index (χ1n) is 6.47. The lowest BCUT2D eigenvalue weighted by Crippen LogP contribution is -2.22. The van der Waals surface area contributed by atoms with Gasteiger partial charge in [0, 0.05) is 17.8 Å². The first-order valence-corrected chi connectivity index (χ1v) is 7.26. The molecule has 0 bridgehead atoms. The summed E-state index contributed by atoms with van der Waals surface area (Å²) >= 11 is 3.27. The smallest absolute Gasteiger partial charge is 0.251 e. The fourth-order valence-corrected chi connectivity index (χ4v) is 2.19. The first-order chi connectivity index (χ1) is 9.60. The van der Waals surface area contributed by atoms with Gasteiger partial charge in [0.25, 0.3) is 5.91 Å². The van der Waals surface area contributed by atoms with Crippen molar-refractivity contribution in [3.05, 3.63) is 51.9 Å². The molecule has 20 heavy (non-hydrogen) atoms. The van der Waals surface area contributed by atoms with Crippen LogP contribution in [-0.2, 0) is 6.54 Å². The maximum absolute atomic E-state index is 11.8. The third-order valence-corrected chi connectivity index (χ3v) is 3.35. The fraction of sp³-hybridized carbons (Fsp3) is 0.267. The minimum atomic E-state index is -0.0590. The summed E-state index contributed by atoms with van der Waals surface area (Å²) in [5, 5.41) is 6.08. The Bertz CT molecular complexity index is 608. The summed E-state index contributed by atoms with van der Waals surface area (Å²) in [6, 6.07) is 9.38. The van der Waals surface area contributed by atoms with Gasteiger partial charge in [-0.05, 0) is 59.6 Å². The molecule has 0 aliphatic rings. The quantitative estimate of drug-likeness (QED) is 0.874. The minimum Gasteiger partial charge on any atom is -0.452 e. The van der Waals surface area contributed by atoms with E-state index in [1.807, 2.05) is 44.2 Å². The van der Waals surface area contributed by atoms with E-state index in [1.54, 1.807) is 0 Å². The Balaban J connectivity index is 2.10. The van der Waals surface area contributed by atoms with Crippen LogP contribution >= 0.6 is 15.9 Å². The lowest BCUT2D eigenvalue weighted by Gasteiger charge is -2.10. The van der Waals surface area contributed by atoms with E-state index in [1.165, 1.54) is 0 Å². The summed E-state index contributed by atoms with van der Waals surface area (Å²) in [7, 11) is 0. The van der Waals surface area contributed by atoms with Gasteiger partial charge in [-0.2, -0.15) is 0 Å². The van der Waals surface area contributed by atoms with Gasteiger partial charge in [-0.25, -0.2) is 0 Å². The largest absolute Gasteiger partial charge is 0.452 e. The average Bonchev–Trinajstić information content (AvgIpc) is 2.84. The first kappa shape index (κ1) is 14.7. The number of nitrogens with one attached hydrogen (secondary N) is 2. The van der Waals surface area contributed by atoms with Crippen LogP contribution in [0.4, 0.5) is 5.69 Å². The monoisotopic (exact) mass is 336 g/mol. The molecule has 4 nitrogen and oxygen atoms in total. The number of hydrogen-bond donors (Lipinski definition) is 2. The Morgan fingerprint density at radius 2 is 2.10 bits per heavy atom. The zero-order valence-electron chi connectivity index (χ0n) is 11.5. The Labute approximate surface area is 126 Å². The molecule has 1 aromatic heterocycles. The molecule has 1 heterocycles. The Morgan fingerprint density at radius 3 is 2.75 bits per heavy atom. The standard InChI is InChI=1S/C15H17BrN2O2/c1-3-17-15(19)11-5-4-10(2)13(8-11)18-9-12-6-7-14(16)20-12/h4-8,18H,3,9H2,1-2H3,(H,17,19). The highest BCUT2D eigenvalue weighted by Crippen LogP contribution is 2.19. The summed E-state index contributed by atoms with van der Waals surface area (Å²) < 4.78 is 6.15. The second-order valence-electron chi connectivity index (χ2n) is 4.45. The summed E-state index contributed by atoms with van der Waals surface area (Å²) in [6.45, 7) is 5.10. The van der Waals surface area contributed by atoms with Crippen LogP contribution in [-0.4, -0.2) is 12.5 Å². The van der Waals surface area contributed by atoms with Crippen LogP contribution in [0.2, 0.25) is 0 Å². The molecule has 2 rings (SSSR count). The zero-order chi connectivity index (χ0) is 14.5. The van der Waals surface area contributed by atoms with E-state index in [-0.39, 0.29) is 5.91 Å². The van der Waals surface area contributed by atoms with E-state index in [0.717, 1.165) is 17.0 Å². The number of aryl methyl sites for hydroxylation is 1. The molecule has 0 saturated carbocycles. The van der Waals surface area contributed by atoms with Gasteiger partial charge in [0.15, 0.2) is 4.67 Å². The summed E-state index contributed by atoms with van der Waals surface area (Å²) in [5.74, 6) is 0.774. The Kier molecular flexibility index (Phi) is 4.84. The number of furan rings is 1. The molecule has 1 aromatic carbocycles. The van der Waals surface area contributed by atoms with Crippen molar-refractivity contribution in [1.82, 2.24) is 5.32 Å². The third kappa shape index (κ3) is 3.63. The number of carbonyl (C=O) groups is 1. The number of rotatable bonds is 5. The van der Waals surface area contributed by atoms with Gasteiger partial charge in [0.05, 0.1) is 6.54 Å². The van der Waals surface area contributed by atoms with E-state index in [0.29, 0.717) is 23.3 Å². The molecule has 1 amide bonds. The molecule has 0 aliphatic heterocycles. The SMILES string of the molecule is CCNC(=O)c1ccc(C)c(NCc2ccc(Br)o2)c1. The maximum atomic E-state index is 11.8. The molecule has 0 fully saturated rings. The van der Waals surface area contributed by atoms with Crippen LogP contribution in [0.5, 0.6) is 0 Å². The Hall–Kier alpha value is -1.75. The van der Waals surface area contributed by atoms with Crippen molar-refractivity contribution in [1.29, 1.82) is 0 Å². The van der Waals surface area contributed by atoms with Gasteiger partial charge in [0.2, 0.25) is 0 Å². The van der Waals surface area contributed by atoms with E-state index in [2.05, 4.69) is 26.6 Å². The highest BCUT2D eigenvalue weighted by atomic mass is 79.9. The minimum absolute atomic E-state index is 0.0590. The van der Waals surface area contributed by atoms with Crippen LogP contribution in [0.1, 0.15) is 28.6 Å². The molecule has 0 radical (unpaired) electrons. The third-order valence-electron chi connectivity index (χ3n) is 2.92. The molecule has 2 N–H and O–H groups in total. The molecular formula is C15H17BrN2O2. The van der Waals surface area contributed by atoms with Crippen LogP contribution in [0, 0.1) is 6.92 Å². The van der Waals surface area contributed by atoms with Crippen molar-refractivity contribution < 1.29 is 9.21 Å². The van der Waals surface area contributed by atoms with Gasteiger partial charge in [0.1, 0.15) is 5.76 Å². The molecule has 5 heteroatoms. The zero-order valence-corrected chi connectivity index (χ0v) is 13.1. The Morgan fingerprint density at radius 1 is 1.30 bits per heavy atom. The molecule has 106 valence electrons. The predicted octanol–water partition coefficient (Wildman–Crippen LogP) is 3.71. The van der Waals surface area contributed by atoms with E-state index in [9.17, 15) is 4.79 Å². The van der Waals surface area contributed by atoms with E-state index in [4.69, 9.17) is 4.42 Å². The molecular weight excluding hydrogens is 320 g/mol. The summed E-state index contributed by atoms with van der Waals surface area (Å²) in [5.41, 5.74) is 2.67. The van der Waals surface area contributed by atoms with Gasteiger partial charge in [-0.15, -0.1) is 0 Å². The number of hydrogen-bond acceptors (Lipinski definition) is 3. The normalized spacial score (nSPS) is 10.3. The molecule has 0 aliphatic carbocycles. The van der Waals surface area contributed by atoms with Crippen molar-refractivity contribution in [3.8, 4) is 0 Å². The molecule has 0 atom stereocenters. The predicted molar refractivity (Wildman–Crippen MR) is 82.9 cm³/mol. The van der Waals surface area contributed by atoms with Crippen LogP contribution < -0.4 is 10.6 Å². The van der Waals surface area contributed by atoms with E-state index < -0.39 is 0 Å². The van der Waals surface area contributed by atoms with Crippen molar-refractivity contribution in [3.63, 3.8) is 0 Å². The molecule has 0 spiro atoms. The van der Waals surface area contributed by atoms with Crippen molar-refractivity contribution in [2.45, 2.75) is 20.4 Å². The lowest BCUT2D eigenvalue weighted by molar-refractivity contribution is 0.0956. The van der Waals surface area contributed by atoms with E-state index >= 15 is 0 Å². The second-order valence-corrected chi connectivity index (χ2v) is 5.23. The highest BCUT2D eigenvalue weighted by Gasteiger charge is 2.07.